The lowest BCUT2D eigenvalue weighted by Gasteiger charge is -2.09. The van der Waals surface area contributed by atoms with Crippen LogP contribution < -0.4 is 5.32 Å². The molecule has 2 aromatic carbocycles. The first-order valence-corrected chi connectivity index (χ1v) is 11.7. The summed E-state index contributed by atoms with van der Waals surface area (Å²) in [5.41, 5.74) is 2.80. The predicted octanol–water partition coefficient (Wildman–Crippen LogP) is 5.52. The molecule has 0 unspecified atom stereocenters. The highest BCUT2D eigenvalue weighted by Crippen LogP contribution is 2.39. The van der Waals surface area contributed by atoms with Crippen LogP contribution in [-0.2, 0) is 17.1 Å². The Hall–Kier alpha value is -1.94. The van der Waals surface area contributed by atoms with Crippen LogP contribution in [0, 0.1) is 0 Å². The van der Waals surface area contributed by atoms with Crippen molar-refractivity contribution < 1.29 is 19.1 Å². The second-order valence-electron chi connectivity index (χ2n) is 7.19. The Morgan fingerprint density at radius 3 is 2.29 bits per heavy atom. The monoisotopic (exact) mass is 403 g/mol. The number of amides is 1. The largest absolute Gasteiger partial charge is 0.329 e. The number of carbonyl (C=O) groups excluding carboxylic acids is 1. The average Bonchev–Trinajstić information content (AvgIpc) is 2.64. The Morgan fingerprint density at radius 2 is 1.61 bits per heavy atom. The molecule has 0 spiro atoms. The minimum atomic E-state index is -4.14. The van der Waals surface area contributed by atoms with Gasteiger partial charge >= 0.3 is 7.60 Å². The summed E-state index contributed by atoms with van der Waals surface area (Å²) < 4.78 is 11.1. The molecule has 6 heteroatoms. The normalized spacial score (nSPS) is 11.4. The van der Waals surface area contributed by atoms with Gasteiger partial charge in [-0.3, -0.25) is 9.36 Å². The molecule has 3 N–H and O–H groups in total. The number of benzene rings is 2. The molecule has 2 rings (SSSR count). The molecular formula is C22H30NO4P. The van der Waals surface area contributed by atoms with E-state index in [2.05, 4.69) is 12.2 Å². The fraction of sp³-hybridized carbons (Fsp3) is 0.409. The molecule has 0 aliphatic rings. The van der Waals surface area contributed by atoms with Crippen LogP contribution in [0.2, 0.25) is 0 Å². The fourth-order valence-electron chi connectivity index (χ4n) is 3.12. The molecule has 0 saturated heterocycles. The van der Waals surface area contributed by atoms with Crippen molar-refractivity contribution in [3.05, 3.63) is 65.2 Å². The Kier molecular flexibility index (Phi) is 8.91. The average molecular weight is 403 g/mol. The molecular weight excluding hydrogens is 373 g/mol. The van der Waals surface area contributed by atoms with Crippen molar-refractivity contribution in [2.75, 3.05) is 5.32 Å². The lowest BCUT2D eigenvalue weighted by atomic mass is 10.0. The molecule has 152 valence electrons. The molecule has 0 aliphatic carbocycles. The lowest BCUT2D eigenvalue weighted by molar-refractivity contribution is 0.102. The molecule has 0 bridgehead atoms. The molecule has 0 saturated carbocycles. The van der Waals surface area contributed by atoms with E-state index in [-0.39, 0.29) is 12.1 Å². The number of anilines is 1. The molecule has 0 aliphatic heterocycles. The van der Waals surface area contributed by atoms with Crippen LogP contribution in [0.1, 0.15) is 66.9 Å². The third kappa shape index (κ3) is 8.39. The van der Waals surface area contributed by atoms with Crippen molar-refractivity contribution in [1.29, 1.82) is 0 Å². The van der Waals surface area contributed by atoms with E-state index in [1.165, 1.54) is 44.1 Å². The number of nitrogens with one attached hydrogen (secondary N) is 1. The molecule has 0 atom stereocenters. The minimum absolute atomic E-state index is 0.237. The van der Waals surface area contributed by atoms with Crippen molar-refractivity contribution in [3.63, 3.8) is 0 Å². The van der Waals surface area contributed by atoms with Gasteiger partial charge in [-0.15, -0.1) is 0 Å². The lowest BCUT2D eigenvalue weighted by Crippen LogP contribution is -2.12. The Labute approximate surface area is 167 Å². The Bertz CT molecular complexity index is 798. The first-order valence-electron chi connectivity index (χ1n) is 9.91. The van der Waals surface area contributed by atoms with E-state index in [0.717, 1.165) is 6.42 Å². The van der Waals surface area contributed by atoms with Gasteiger partial charge in [0, 0.05) is 11.3 Å². The topological polar surface area (TPSA) is 86.6 Å². The zero-order valence-corrected chi connectivity index (χ0v) is 17.3. The maximum atomic E-state index is 12.4. The SMILES string of the molecule is CCCCCCCCc1ccc(C(=O)Nc2cccc(CP(=O)(O)O)c2)cc1. The van der Waals surface area contributed by atoms with Gasteiger partial charge in [-0.05, 0) is 48.2 Å². The third-order valence-electron chi connectivity index (χ3n) is 4.61. The predicted molar refractivity (Wildman–Crippen MR) is 114 cm³/mol. The van der Waals surface area contributed by atoms with E-state index in [1.807, 2.05) is 24.3 Å². The number of unbranched alkanes of at least 4 members (excludes halogenated alkanes) is 5. The second-order valence-corrected chi connectivity index (χ2v) is 8.84. The maximum Gasteiger partial charge on any atom is 0.329 e. The molecule has 0 fully saturated rings. The van der Waals surface area contributed by atoms with Gasteiger partial charge in [0.05, 0.1) is 6.16 Å². The van der Waals surface area contributed by atoms with E-state index in [1.54, 1.807) is 24.3 Å². The van der Waals surface area contributed by atoms with Crippen LogP contribution in [0.5, 0.6) is 0 Å². The quantitative estimate of drug-likeness (QED) is 0.341. The molecule has 2 aromatic rings. The maximum absolute atomic E-state index is 12.4. The number of hydrogen-bond donors (Lipinski definition) is 3. The van der Waals surface area contributed by atoms with E-state index in [9.17, 15) is 9.36 Å². The van der Waals surface area contributed by atoms with Crippen LogP contribution in [0.3, 0.4) is 0 Å². The van der Waals surface area contributed by atoms with Crippen LogP contribution in [-0.4, -0.2) is 15.7 Å². The fourth-order valence-corrected chi connectivity index (χ4v) is 3.79. The minimum Gasteiger partial charge on any atom is -0.324 e. The van der Waals surface area contributed by atoms with Crippen LogP contribution in [0.15, 0.2) is 48.5 Å². The summed E-state index contributed by atoms with van der Waals surface area (Å²) in [6.07, 6.45) is 8.26. The van der Waals surface area contributed by atoms with Crippen molar-refractivity contribution in [3.8, 4) is 0 Å². The van der Waals surface area contributed by atoms with E-state index in [4.69, 9.17) is 9.79 Å². The van der Waals surface area contributed by atoms with Gasteiger partial charge in [0.1, 0.15) is 0 Å². The highest BCUT2D eigenvalue weighted by Gasteiger charge is 2.14. The second kappa shape index (κ2) is 11.2. The Balaban J connectivity index is 1.86. The first kappa shape index (κ1) is 22.4. The Morgan fingerprint density at radius 1 is 0.929 bits per heavy atom. The summed E-state index contributed by atoms with van der Waals surface area (Å²) in [5, 5.41) is 2.78. The summed E-state index contributed by atoms with van der Waals surface area (Å²) in [4.78, 5) is 30.6. The van der Waals surface area contributed by atoms with Gasteiger partial charge in [0.25, 0.3) is 5.91 Å². The number of hydrogen-bond acceptors (Lipinski definition) is 2. The number of aryl methyl sites for hydroxylation is 1. The van der Waals surface area contributed by atoms with Gasteiger partial charge < -0.3 is 15.1 Å². The summed E-state index contributed by atoms with van der Waals surface area (Å²) in [7, 11) is -4.14. The van der Waals surface area contributed by atoms with Crippen molar-refractivity contribution >= 4 is 19.2 Å². The zero-order chi connectivity index (χ0) is 20.4. The third-order valence-corrected chi connectivity index (χ3v) is 5.39. The van der Waals surface area contributed by atoms with Crippen LogP contribution in [0.4, 0.5) is 5.69 Å². The van der Waals surface area contributed by atoms with E-state index >= 15 is 0 Å². The van der Waals surface area contributed by atoms with Gasteiger partial charge in [0.2, 0.25) is 0 Å². The smallest absolute Gasteiger partial charge is 0.324 e. The van der Waals surface area contributed by atoms with Gasteiger partial charge in [0.15, 0.2) is 0 Å². The van der Waals surface area contributed by atoms with E-state index < -0.39 is 7.60 Å². The van der Waals surface area contributed by atoms with Crippen molar-refractivity contribution in [1.82, 2.24) is 0 Å². The van der Waals surface area contributed by atoms with E-state index in [0.29, 0.717) is 16.8 Å². The summed E-state index contributed by atoms with van der Waals surface area (Å²) >= 11 is 0. The molecule has 0 aromatic heterocycles. The number of rotatable bonds is 11. The molecule has 1 amide bonds. The highest BCUT2D eigenvalue weighted by atomic mass is 31.2. The van der Waals surface area contributed by atoms with Gasteiger partial charge in [-0.1, -0.05) is 63.3 Å². The molecule has 0 radical (unpaired) electrons. The number of carbonyl (C=O) groups is 1. The molecule has 5 nitrogen and oxygen atoms in total. The van der Waals surface area contributed by atoms with Crippen molar-refractivity contribution in [2.24, 2.45) is 0 Å². The zero-order valence-electron chi connectivity index (χ0n) is 16.4. The summed E-state index contributed by atoms with van der Waals surface area (Å²) in [5.74, 6) is -0.237. The highest BCUT2D eigenvalue weighted by molar-refractivity contribution is 7.50. The molecule has 28 heavy (non-hydrogen) atoms. The molecule has 0 heterocycles. The van der Waals surface area contributed by atoms with Crippen LogP contribution in [0.25, 0.3) is 0 Å². The standard InChI is InChI=1S/C22H30NO4P/c1-2-3-4-5-6-7-9-18-12-14-20(15-13-18)22(24)23-21-11-8-10-19(16-21)17-28(25,26)27/h8,10-16H,2-7,9,17H2,1H3,(H,23,24)(H2,25,26,27). The summed E-state index contributed by atoms with van der Waals surface area (Å²) in [6.45, 7) is 2.22. The van der Waals surface area contributed by atoms with Crippen molar-refractivity contribution in [2.45, 2.75) is 58.0 Å². The van der Waals surface area contributed by atoms with Crippen LogP contribution >= 0.6 is 7.60 Å². The van der Waals surface area contributed by atoms with Gasteiger partial charge in [-0.2, -0.15) is 0 Å². The summed E-state index contributed by atoms with van der Waals surface area (Å²) in [6, 6.07) is 14.2. The first-order chi connectivity index (χ1) is 13.4. The van der Waals surface area contributed by atoms with Gasteiger partial charge in [-0.25, -0.2) is 0 Å².